The Balaban J connectivity index is 2.76. The summed E-state index contributed by atoms with van der Waals surface area (Å²) in [7, 11) is 0. The number of nitrogen functional groups attached to an aromatic ring is 1. The normalized spacial score (nSPS) is 10.9. The van der Waals surface area contributed by atoms with E-state index < -0.39 is 5.82 Å². The Kier molecular flexibility index (Phi) is 1.94. The summed E-state index contributed by atoms with van der Waals surface area (Å²) >= 11 is 1.37. The Hall–Kier alpha value is -1.13. The molecular weight excluding hydrogens is 189 g/mol. The maximum Gasteiger partial charge on any atom is 0.154 e. The lowest BCUT2D eigenvalue weighted by atomic mass is 10.2. The molecule has 2 nitrogen and oxygen atoms in total. The fourth-order valence-corrected chi connectivity index (χ4v) is 2.14. The van der Waals surface area contributed by atoms with Gasteiger partial charge in [0.2, 0.25) is 0 Å². The topological polar surface area (TPSA) is 46.2 Å². The third kappa shape index (κ3) is 1.28. The van der Waals surface area contributed by atoms with E-state index >= 15 is 0 Å². The third-order valence-corrected chi connectivity index (χ3v) is 2.96. The van der Waals surface area contributed by atoms with Gasteiger partial charge in [-0.25, -0.2) is 4.39 Å². The minimum absolute atomic E-state index is 0.0569. The summed E-state index contributed by atoms with van der Waals surface area (Å²) in [6, 6.07) is 4.93. The van der Waals surface area contributed by atoms with Crippen molar-refractivity contribution in [3.63, 3.8) is 0 Å². The van der Waals surface area contributed by atoms with Crippen LogP contribution in [0.1, 0.15) is 4.88 Å². The van der Waals surface area contributed by atoms with Gasteiger partial charge in [-0.05, 0) is 18.2 Å². The molecule has 0 saturated carbocycles. The summed E-state index contributed by atoms with van der Waals surface area (Å²) in [6.07, 6.45) is 0. The first-order chi connectivity index (χ1) is 6.22. The molecule has 0 fully saturated rings. The van der Waals surface area contributed by atoms with Crippen molar-refractivity contribution < 1.29 is 9.50 Å². The van der Waals surface area contributed by atoms with Crippen LogP contribution in [0, 0.1) is 5.82 Å². The van der Waals surface area contributed by atoms with Gasteiger partial charge in [0.1, 0.15) is 0 Å². The first-order valence-electron chi connectivity index (χ1n) is 3.79. The summed E-state index contributed by atoms with van der Waals surface area (Å²) < 4.78 is 14.2. The highest BCUT2D eigenvalue weighted by Gasteiger charge is 2.07. The Bertz CT molecular complexity index is 452. The standard InChI is InChI=1S/C9H8FNOS/c10-9-6-3-5(4-12)13-8(6)2-1-7(9)11/h1-3,12H,4,11H2. The number of thiophene rings is 1. The van der Waals surface area contributed by atoms with Gasteiger partial charge in [-0.2, -0.15) is 0 Å². The minimum Gasteiger partial charge on any atom is -0.396 e. The summed E-state index contributed by atoms with van der Waals surface area (Å²) in [4.78, 5) is 0.750. The number of aliphatic hydroxyl groups excluding tert-OH is 1. The van der Waals surface area contributed by atoms with Gasteiger partial charge in [0.15, 0.2) is 5.82 Å². The lowest BCUT2D eigenvalue weighted by Gasteiger charge is -1.95. The van der Waals surface area contributed by atoms with Crippen LogP contribution >= 0.6 is 11.3 Å². The number of benzene rings is 1. The monoisotopic (exact) mass is 197 g/mol. The smallest absolute Gasteiger partial charge is 0.154 e. The summed E-state index contributed by atoms with van der Waals surface area (Å²) in [5.41, 5.74) is 5.55. The van der Waals surface area contributed by atoms with Crippen LogP contribution in [-0.4, -0.2) is 5.11 Å². The second kappa shape index (κ2) is 2.97. The molecule has 0 aliphatic heterocycles. The van der Waals surface area contributed by atoms with Crippen LogP contribution in [0.4, 0.5) is 10.1 Å². The van der Waals surface area contributed by atoms with E-state index in [1.54, 1.807) is 12.1 Å². The van der Waals surface area contributed by atoms with E-state index in [1.165, 1.54) is 17.4 Å². The van der Waals surface area contributed by atoms with Crippen LogP contribution in [0.15, 0.2) is 18.2 Å². The number of hydrogen-bond acceptors (Lipinski definition) is 3. The van der Waals surface area contributed by atoms with Crippen LogP contribution in [0.3, 0.4) is 0 Å². The van der Waals surface area contributed by atoms with Crippen molar-refractivity contribution in [1.29, 1.82) is 0 Å². The van der Waals surface area contributed by atoms with Gasteiger partial charge in [-0.15, -0.1) is 11.3 Å². The fourth-order valence-electron chi connectivity index (χ4n) is 1.23. The van der Waals surface area contributed by atoms with E-state index in [0.717, 1.165) is 9.58 Å². The molecule has 4 heteroatoms. The molecule has 1 heterocycles. The van der Waals surface area contributed by atoms with Gasteiger partial charge in [0.25, 0.3) is 0 Å². The van der Waals surface area contributed by atoms with E-state index in [0.29, 0.717) is 5.39 Å². The molecule has 2 aromatic rings. The number of halogens is 1. The first kappa shape index (κ1) is 8.47. The molecule has 0 unspecified atom stereocenters. The van der Waals surface area contributed by atoms with Crippen LogP contribution in [-0.2, 0) is 6.61 Å². The SMILES string of the molecule is Nc1ccc2sc(CO)cc2c1F. The molecule has 3 N–H and O–H groups in total. The van der Waals surface area contributed by atoms with Crippen molar-refractivity contribution in [3.8, 4) is 0 Å². The van der Waals surface area contributed by atoms with E-state index in [2.05, 4.69) is 0 Å². The molecular formula is C9H8FNOS. The summed E-state index contributed by atoms with van der Waals surface area (Å²) in [6.45, 7) is -0.0569. The van der Waals surface area contributed by atoms with Crippen LogP contribution in [0.2, 0.25) is 0 Å². The number of hydrogen-bond donors (Lipinski definition) is 2. The number of aliphatic hydroxyl groups is 1. The highest BCUT2D eigenvalue weighted by atomic mass is 32.1. The maximum atomic E-state index is 13.3. The zero-order valence-corrected chi connectivity index (χ0v) is 7.57. The molecule has 0 atom stereocenters. The van der Waals surface area contributed by atoms with Crippen molar-refractivity contribution in [3.05, 3.63) is 28.9 Å². The number of anilines is 1. The first-order valence-corrected chi connectivity index (χ1v) is 4.61. The Labute approximate surface area is 78.4 Å². The lowest BCUT2D eigenvalue weighted by Crippen LogP contribution is -1.88. The van der Waals surface area contributed by atoms with E-state index in [-0.39, 0.29) is 12.3 Å². The molecule has 0 bridgehead atoms. The Morgan fingerprint density at radius 3 is 2.92 bits per heavy atom. The fraction of sp³-hybridized carbons (Fsp3) is 0.111. The molecule has 0 amide bonds. The summed E-state index contributed by atoms with van der Waals surface area (Å²) in [5, 5.41) is 9.35. The molecule has 68 valence electrons. The zero-order valence-electron chi connectivity index (χ0n) is 6.75. The Morgan fingerprint density at radius 2 is 2.23 bits per heavy atom. The summed E-state index contributed by atoms with van der Waals surface area (Å²) in [5.74, 6) is -0.395. The molecule has 2 rings (SSSR count). The second-order valence-electron chi connectivity index (χ2n) is 2.75. The van der Waals surface area contributed by atoms with Crippen LogP contribution in [0.25, 0.3) is 10.1 Å². The van der Waals surface area contributed by atoms with Crippen molar-refractivity contribution in [2.45, 2.75) is 6.61 Å². The number of rotatable bonds is 1. The van der Waals surface area contributed by atoms with Crippen molar-refractivity contribution in [1.82, 2.24) is 0 Å². The Morgan fingerprint density at radius 1 is 1.46 bits per heavy atom. The minimum atomic E-state index is -0.395. The maximum absolute atomic E-state index is 13.3. The molecule has 13 heavy (non-hydrogen) atoms. The third-order valence-electron chi connectivity index (χ3n) is 1.87. The van der Waals surface area contributed by atoms with Gasteiger partial charge < -0.3 is 10.8 Å². The lowest BCUT2D eigenvalue weighted by molar-refractivity contribution is 0.285. The van der Waals surface area contributed by atoms with Gasteiger partial charge in [0.05, 0.1) is 12.3 Å². The van der Waals surface area contributed by atoms with Gasteiger partial charge in [0, 0.05) is 15.0 Å². The van der Waals surface area contributed by atoms with Crippen LogP contribution in [0.5, 0.6) is 0 Å². The van der Waals surface area contributed by atoms with E-state index in [9.17, 15) is 4.39 Å². The van der Waals surface area contributed by atoms with Crippen molar-refractivity contribution in [2.24, 2.45) is 0 Å². The molecule has 0 aliphatic carbocycles. The molecule has 1 aromatic heterocycles. The largest absolute Gasteiger partial charge is 0.396 e. The van der Waals surface area contributed by atoms with E-state index in [4.69, 9.17) is 10.8 Å². The molecule has 0 aliphatic rings. The second-order valence-corrected chi connectivity index (χ2v) is 3.92. The molecule has 0 saturated heterocycles. The predicted octanol–water partition coefficient (Wildman–Crippen LogP) is 2.11. The molecule has 0 radical (unpaired) electrons. The van der Waals surface area contributed by atoms with Gasteiger partial charge in [-0.3, -0.25) is 0 Å². The highest BCUT2D eigenvalue weighted by Crippen LogP contribution is 2.30. The number of nitrogens with two attached hydrogens (primary N) is 1. The van der Waals surface area contributed by atoms with Crippen molar-refractivity contribution in [2.75, 3.05) is 5.73 Å². The van der Waals surface area contributed by atoms with Crippen LogP contribution < -0.4 is 5.73 Å². The van der Waals surface area contributed by atoms with Gasteiger partial charge >= 0.3 is 0 Å². The predicted molar refractivity (Wildman–Crippen MR) is 52.1 cm³/mol. The zero-order chi connectivity index (χ0) is 9.42. The van der Waals surface area contributed by atoms with Crippen molar-refractivity contribution >= 4 is 27.1 Å². The molecule has 0 spiro atoms. The average molecular weight is 197 g/mol. The average Bonchev–Trinajstić information content (AvgIpc) is 2.55. The van der Waals surface area contributed by atoms with Gasteiger partial charge in [-0.1, -0.05) is 0 Å². The molecule has 1 aromatic carbocycles. The quantitative estimate of drug-likeness (QED) is 0.688. The number of fused-ring (bicyclic) bond motifs is 1. The van der Waals surface area contributed by atoms with E-state index in [1.807, 2.05) is 0 Å². The highest BCUT2D eigenvalue weighted by molar-refractivity contribution is 7.19.